The first-order valence-electron chi connectivity index (χ1n) is 9.48. The van der Waals surface area contributed by atoms with Crippen LogP contribution >= 0.6 is 0 Å². The summed E-state index contributed by atoms with van der Waals surface area (Å²) in [5.74, 6) is 0.850. The number of carbonyl (C=O) groups excluding carboxylic acids is 1. The summed E-state index contributed by atoms with van der Waals surface area (Å²) in [6, 6.07) is 17.7. The molecule has 0 atom stereocenters. The molecule has 0 bridgehead atoms. The minimum atomic E-state index is -0.00829. The lowest BCUT2D eigenvalue weighted by molar-refractivity contribution is 0.0773. The van der Waals surface area contributed by atoms with Crippen LogP contribution in [0.1, 0.15) is 32.9 Å². The molecule has 0 aliphatic carbocycles. The van der Waals surface area contributed by atoms with Crippen molar-refractivity contribution in [1.29, 1.82) is 0 Å². The van der Waals surface area contributed by atoms with Crippen molar-refractivity contribution in [2.75, 3.05) is 20.2 Å². The third kappa shape index (κ3) is 4.80. The van der Waals surface area contributed by atoms with Crippen molar-refractivity contribution in [3.63, 3.8) is 0 Å². The van der Waals surface area contributed by atoms with Crippen molar-refractivity contribution in [3.05, 3.63) is 82.7 Å². The molecular formula is C23H27N3O2. The average molecular weight is 377 g/mol. The molecule has 3 rings (SSSR count). The number of rotatable bonds is 7. The van der Waals surface area contributed by atoms with Crippen molar-refractivity contribution in [3.8, 4) is 5.75 Å². The second-order valence-corrected chi connectivity index (χ2v) is 7.12. The largest absolute Gasteiger partial charge is 0.491 e. The van der Waals surface area contributed by atoms with Crippen LogP contribution in [0.15, 0.2) is 54.6 Å². The van der Waals surface area contributed by atoms with Crippen LogP contribution in [0.2, 0.25) is 0 Å². The van der Waals surface area contributed by atoms with Gasteiger partial charge in [0.05, 0.1) is 18.8 Å². The van der Waals surface area contributed by atoms with Gasteiger partial charge in [-0.25, -0.2) is 0 Å². The van der Waals surface area contributed by atoms with Crippen LogP contribution in [0.3, 0.4) is 0 Å². The first-order valence-corrected chi connectivity index (χ1v) is 9.48. The third-order valence-electron chi connectivity index (χ3n) is 4.76. The summed E-state index contributed by atoms with van der Waals surface area (Å²) < 4.78 is 7.76. The van der Waals surface area contributed by atoms with E-state index in [0.717, 1.165) is 28.3 Å². The van der Waals surface area contributed by atoms with E-state index in [1.165, 1.54) is 0 Å². The van der Waals surface area contributed by atoms with Gasteiger partial charge >= 0.3 is 0 Å². The summed E-state index contributed by atoms with van der Waals surface area (Å²) in [5, 5.41) is 4.48. The number of carbonyl (C=O) groups is 1. The van der Waals surface area contributed by atoms with Gasteiger partial charge in [-0.05, 0) is 56.2 Å². The molecular weight excluding hydrogens is 350 g/mol. The van der Waals surface area contributed by atoms with Gasteiger partial charge in [-0.15, -0.1) is 0 Å². The van der Waals surface area contributed by atoms with Crippen molar-refractivity contribution < 1.29 is 9.53 Å². The number of ether oxygens (including phenoxy) is 1. The fourth-order valence-corrected chi connectivity index (χ4v) is 3.09. The number of aryl methyl sites for hydroxylation is 3. The van der Waals surface area contributed by atoms with E-state index in [2.05, 4.69) is 11.2 Å². The van der Waals surface area contributed by atoms with Crippen LogP contribution in [0, 0.1) is 20.8 Å². The Kier molecular flexibility index (Phi) is 6.14. The number of nitrogens with zero attached hydrogens (tertiary/aromatic N) is 3. The Morgan fingerprint density at radius 2 is 1.79 bits per heavy atom. The number of amides is 1. The van der Waals surface area contributed by atoms with Gasteiger partial charge in [0.1, 0.15) is 12.4 Å². The Morgan fingerprint density at radius 1 is 1.07 bits per heavy atom. The number of hydrogen-bond donors (Lipinski definition) is 0. The summed E-state index contributed by atoms with van der Waals surface area (Å²) in [6.07, 6.45) is 0. The van der Waals surface area contributed by atoms with Gasteiger partial charge in [0.15, 0.2) is 0 Å². The van der Waals surface area contributed by atoms with Gasteiger partial charge in [-0.1, -0.05) is 30.3 Å². The summed E-state index contributed by atoms with van der Waals surface area (Å²) in [4.78, 5) is 14.3. The van der Waals surface area contributed by atoms with Crippen LogP contribution in [-0.2, 0) is 6.54 Å². The Labute approximate surface area is 166 Å². The minimum absolute atomic E-state index is 0.00829. The van der Waals surface area contributed by atoms with Crippen molar-refractivity contribution in [2.24, 2.45) is 0 Å². The zero-order chi connectivity index (χ0) is 20.1. The van der Waals surface area contributed by atoms with Crippen LogP contribution < -0.4 is 4.74 Å². The Bertz CT molecular complexity index is 945. The van der Waals surface area contributed by atoms with E-state index >= 15 is 0 Å². The van der Waals surface area contributed by atoms with Crippen LogP contribution in [0.5, 0.6) is 5.75 Å². The zero-order valence-electron chi connectivity index (χ0n) is 17.0. The molecule has 0 radical (unpaired) electrons. The molecule has 1 amide bonds. The second kappa shape index (κ2) is 8.74. The highest BCUT2D eigenvalue weighted by Crippen LogP contribution is 2.16. The highest BCUT2D eigenvalue weighted by atomic mass is 16.5. The molecule has 0 N–H and O–H groups in total. The molecule has 28 heavy (non-hydrogen) atoms. The zero-order valence-corrected chi connectivity index (χ0v) is 17.0. The Hall–Kier alpha value is -3.08. The highest BCUT2D eigenvalue weighted by molar-refractivity contribution is 5.94. The standard InChI is InChI=1S/C23H27N3O2/c1-17-7-5-6-8-22(17)28-14-13-25(4)23(27)21-11-9-20(10-12-21)16-26-19(3)15-18(2)24-26/h5-12,15H,13-14,16H2,1-4H3. The minimum Gasteiger partial charge on any atom is -0.491 e. The summed E-state index contributed by atoms with van der Waals surface area (Å²) in [7, 11) is 1.80. The number of benzene rings is 2. The Balaban J connectivity index is 1.54. The number of likely N-dealkylation sites (N-methyl/N-ethyl adjacent to an activating group) is 1. The van der Waals surface area contributed by atoms with Crippen LogP contribution in [0.25, 0.3) is 0 Å². The normalized spacial score (nSPS) is 10.7. The fourth-order valence-electron chi connectivity index (χ4n) is 3.09. The SMILES string of the molecule is Cc1cc(C)n(Cc2ccc(C(=O)N(C)CCOc3ccccc3C)cc2)n1. The lowest BCUT2D eigenvalue weighted by Crippen LogP contribution is -2.30. The van der Waals surface area contributed by atoms with E-state index < -0.39 is 0 Å². The summed E-state index contributed by atoms with van der Waals surface area (Å²) in [5.41, 5.74) is 5.03. The molecule has 3 aromatic rings. The van der Waals surface area contributed by atoms with Gasteiger partial charge in [-0.3, -0.25) is 9.48 Å². The average Bonchev–Trinajstić information content (AvgIpc) is 3.00. The molecule has 146 valence electrons. The lowest BCUT2D eigenvalue weighted by Gasteiger charge is -2.18. The van der Waals surface area contributed by atoms with Crippen molar-refractivity contribution in [2.45, 2.75) is 27.3 Å². The van der Waals surface area contributed by atoms with Crippen LogP contribution in [-0.4, -0.2) is 40.8 Å². The molecule has 0 unspecified atom stereocenters. The molecule has 0 spiro atoms. The van der Waals surface area contributed by atoms with Gasteiger partial charge in [-0.2, -0.15) is 5.10 Å². The first kappa shape index (κ1) is 19.7. The maximum atomic E-state index is 12.6. The molecule has 2 aromatic carbocycles. The molecule has 1 aromatic heterocycles. The molecule has 0 saturated carbocycles. The van der Waals surface area contributed by atoms with Crippen molar-refractivity contribution >= 4 is 5.91 Å². The van der Waals surface area contributed by atoms with Gasteiger partial charge in [0, 0.05) is 18.3 Å². The monoisotopic (exact) mass is 377 g/mol. The smallest absolute Gasteiger partial charge is 0.253 e. The van der Waals surface area contributed by atoms with Crippen molar-refractivity contribution in [1.82, 2.24) is 14.7 Å². The molecule has 0 aliphatic heterocycles. The topological polar surface area (TPSA) is 47.4 Å². The predicted molar refractivity (Wildman–Crippen MR) is 111 cm³/mol. The van der Waals surface area contributed by atoms with E-state index in [0.29, 0.717) is 25.3 Å². The third-order valence-corrected chi connectivity index (χ3v) is 4.76. The van der Waals surface area contributed by atoms with E-state index in [1.807, 2.05) is 74.0 Å². The fraction of sp³-hybridized carbons (Fsp3) is 0.304. The van der Waals surface area contributed by atoms with Crippen LogP contribution in [0.4, 0.5) is 0 Å². The summed E-state index contributed by atoms with van der Waals surface area (Å²) in [6.45, 7) is 7.74. The highest BCUT2D eigenvalue weighted by Gasteiger charge is 2.12. The Morgan fingerprint density at radius 3 is 2.43 bits per heavy atom. The molecule has 1 heterocycles. The molecule has 0 saturated heterocycles. The quantitative estimate of drug-likeness (QED) is 0.625. The van der Waals surface area contributed by atoms with E-state index in [4.69, 9.17) is 4.74 Å². The lowest BCUT2D eigenvalue weighted by atomic mass is 10.1. The van der Waals surface area contributed by atoms with Gasteiger partial charge in [0.25, 0.3) is 5.91 Å². The maximum Gasteiger partial charge on any atom is 0.253 e. The number of aromatic nitrogens is 2. The molecule has 0 fully saturated rings. The van der Waals surface area contributed by atoms with E-state index in [1.54, 1.807) is 11.9 Å². The predicted octanol–water partition coefficient (Wildman–Crippen LogP) is 4.01. The van der Waals surface area contributed by atoms with Gasteiger partial charge in [0.2, 0.25) is 0 Å². The second-order valence-electron chi connectivity index (χ2n) is 7.12. The van der Waals surface area contributed by atoms with Gasteiger partial charge < -0.3 is 9.64 Å². The maximum absolute atomic E-state index is 12.6. The summed E-state index contributed by atoms with van der Waals surface area (Å²) >= 11 is 0. The molecule has 5 nitrogen and oxygen atoms in total. The first-order chi connectivity index (χ1) is 13.4. The van der Waals surface area contributed by atoms with E-state index in [-0.39, 0.29) is 5.91 Å². The molecule has 5 heteroatoms. The van der Waals surface area contributed by atoms with E-state index in [9.17, 15) is 4.79 Å². The molecule has 0 aliphatic rings. The number of para-hydroxylation sites is 1. The number of hydrogen-bond acceptors (Lipinski definition) is 3.